The number of carboxylic acid groups (broad SMARTS) is 2. The maximum atomic E-state index is 10.7. The second kappa shape index (κ2) is 8.36. The van der Waals surface area contributed by atoms with Crippen LogP contribution in [0.15, 0.2) is 59.5 Å². The molecule has 0 aliphatic heterocycles. The molecule has 24 heavy (non-hydrogen) atoms. The molecule has 0 atom stereocenters. The van der Waals surface area contributed by atoms with E-state index in [0.29, 0.717) is 6.42 Å². The summed E-state index contributed by atoms with van der Waals surface area (Å²) in [5.74, 6) is -1.12. The predicted octanol–water partition coefficient (Wildman–Crippen LogP) is 4.45. The molecule has 0 bridgehead atoms. The van der Waals surface area contributed by atoms with Crippen LogP contribution in [-0.4, -0.2) is 27.9 Å². The van der Waals surface area contributed by atoms with Gasteiger partial charge in [-0.25, -0.2) is 9.59 Å². The Morgan fingerprint density at radius 2 is 1.96 bits per heavy atom. The van der Waals surface area contributed by atoms with Crippen LogP contribution in [0.4, 0.5) is 0 Å². The highest BCUT2D eigenvalue weighted by molar-refractivity contribution is 7.99. The van der Waals surface area contributed by atoms with Crippen LogP contribution in [0.5, 0.6) is 0 Å². The van der Waals surface area contributed by atoms with Gasteiger partial charge < -0.3 is 10.2 Å². The number of carboxylic acids is 2. The molecule has 4 nitrogen and oxygen atoms in total. The van der Waals surface area contributed by atoms with Crippen molar-refractivity contribution >= 4 is 40.5 Å². The van der Waals surface area contributed by atoms with E-state index in [1.165, 1.54) is 0 Å². The summed E-state index contributed by atoms with van der Waals surface area (Å²) in [5.41, 5.74) is 1.09. The van der Waals surface area contributed by atoms with Crippen LogP contribution in [0.25, 0.3) is 16.8 Å². The molecule has 0 saturated heterocycles. The Morgan fingerprint density at radius 3 is 2.67 bits per heavy atom. The first-order chi connectivity index (χ1) is 11.5. The monoisotopic (exact) mass is 342 g/mol. The van der Waals surface area contributed by atoms with Gasteiger partial charge in [-0.3, -0.25) is 0 Å². The highest BCUT2D eigenvalue weighted by Gasteiger charge is 2.05. The summed E-state index contributed by atoms with van der Waals surface area (Å²) >= 11 is 1.65. The lowest BCUT2D eigenvalue weighted by atomic mass is 10.0. The zero-order chi connectivity index (χ0) is 17.5. The molecule has 2 N–H and O–H groups in total. The standard InChI is InChI=1S/C19H18O4S/c1-13(19(22)23)4-3-11-24-16-9-7-14-5-2-6-15(17(14)12-16)8-10-18(20)21/h2,5-10,12H,1,3-4,11H2,(H,20,21)(H,22,23). The van der Waals surface area contributed by atoms with Gasteiger partial charge in [0.05, 0.1) is 0 Å². The van der Waals surface area contributed by atoms with Crippen molar-refractivity contribution in [2.45, 2.75) is 17.7 Å². The van der Waals surface area contributed by atoms with E-state index in [4.69, 9.17) is 10.2 Å². The Morgan fingerprint density at radius 1 is 1.17 bits per heavy atom. The van der Waals surface area contributed by atoms with E-state index in [1.807, 2.05) is 36.4 Å². The SMILES string of the molecule is C=C(CCCSc1ccc2cccc(C=CC(=O)O)c2c1)C(=O)O. The van der Waals surface area contributed by atoms with E-state index < -0.39 is 11.9 Å². The summed E-state index contributed by atoms with van der Waals surface area (Å²) in [6, 6.07) is 11.8. The molecule has 0 radical (unpaired) electrons. The van der Waals surface area contributed by atoms with E-state index in [0.717, 1.165) is 39.5 Å². The van der Waals surface area contributed by atoms with Crippen LogP contribution in [0.3, 0.4) is 0 Å². The van der Waals surface area contributed by atoms with E-state index in [9.17, 15) is 9.59 Å². The molecule has 0 spiro atoms. The fourth-order valence-electron chi connectivity index (χ4n) is 2.25. The minimum absolute atomic E-state index is 0.232. The fraction of sp³-hybridized carbons (Fsp3) is 0.158. The van der Waals surface area contributed by atoms with Crippen LogP contribution in [0.1, 0.15) is 18.4 Å². The van der Waals surface area contributed by atoms with Gasteiger partial charge in [0.1, 0.15) is 0 Å². The zero-order valence-corrected chi connectivity index (χ0v) is 13.9. The summed E-state index contributed by atoms with van der Waals surface area (Å²) < 4.78 is 0. The van der Waals surface area contributed by atoms with Crippen molar-refractivity contribution in [3.05, 3.63) is 60.2 Å². The second-order valence-corrected chi connectivity index (χ2v) is 6.43. The van der Waals surface area contributed by atoms with Crippen LogP contribution in [0, 0.1) is 0 Å². The quantitative estimate of drug-likeness (QED) is 0.421. The van der Waals surface area contributed by atoms with Gasteiger partial charge in [0.2, 0.25) is 0 Å². The summed E-state index contributed by atoms with van der Waals surface area (Å²) in [6.07, 6.45) is 3.94. The molecule has 0 aromatic heterocycles. The largest absolute Gasteiger partial charge is 0.478 e. The molecular formula is C19H18O4S. The molecule has 0 aliphatic carbocycles. The zero-order valence-electron chi connectivity index (χ0n) is 13.1. The molecule has 0 fully saturated rings. The maximum Gasteiger partial charge on any atom is 0.330 e. The van der Waals surface area contributed by atoms with Crippen LogP contribution in [-0.2, 0) is 9.59 Å². The average molecular weight is 342 g/mol. The van der Waals surface area contributed by atoms with Gasteiger partial charge in [-0.2, -0.15) is 0 Å². The summed E-state index contributed by atoms with van der Waals surface area (Å²) in [6.45, 7) is 3.52. The van der Waals surface area contributed by atoms with E-state index in [2.05, 4.69) is 6.58 Å². The van der Waals surface area contributed by atoms with Crippen molar-refractivity contribution in [3.63, 3.8) is 0 Å². The molecule has 0 aliphatic rings. The van der Waals surface area contributed by atoms with Gasteiger partial charge in [0.25, 0.3) is 0 Å². The maximum absolute atomic E-state index is 10.7. The Bertz CT molecular complexity index is 808. The van der Waals surface area contributed by atoms with Crippen LogP contribution >= 0.6 is 11.8 Å². The lowest BCUT2D eigenvalue weighted by molar-refractivity contribution is -0.133. The van der Waals surface area contributed by atoms with Gasteiger partial charge >= 0.3 is 11.9 Å². The highest BCUT2D eigenvalue weighted by Crippen LogP contribution is 2.27. The van der Waals surface area contributed by atoms with Crippen molar-refractivity contribution < 1.29 is 19.8 Å². The molecule has 124 valence electrons. The first-order valence-electron chi connectivity index (χ1n) is 7.45. The van der Waals surface area contributed by atoms with Crippen LogP contribution < -0.4 is 0 Å². The topological polar surface area (TPSA) is 74.6 Å². The molecule has 2 rings (SSSR count). The number of fused-ring (bicyclic) bond motifs is 1. The lowest BCUT2D eigenvalue weighted by Gasteiger charge is -2.06. The van der Waals surface area contributed by atoms with E-state index in [1.54, 1.807) is 17.8 Å². The normalized spacial score (nSPS) is 11.0. The Hall–Kier alpha value is -2.53. The van der Waals surface area contributed by atoms with Gasteiger partial charge in [0, 0.05) is 16.5 Å². The lowest BCUT2D eigenvalue weighted by Crippen LogP contribution is -1.99. The number of hydrogen-bond acceptors (Lipinski definition) is 3. The van der Waals surface area contributed by atoms with Crippen molar-refractivity contribution in [3.8, 4) is 0 Å². The number of benzene rings is 2. The fourth-order valence-corrected chi connectivity index (χ4v) is 3.14. The first-order valence-corrected chi connectivity index (χ1v) is 8.43. The smallest absolute Gasteiger partial charge is 0.330 e. The van der Waals surface area contributed by atoms with Gasteiger partial charge in [0.15, 0.2) is 0 Å². The Kier molecular flexibility index (Phi) is 6.21. The Labute approximate surface area is 144 Å². The van der Waals surface area contributed by atoms with Gasteiger partial charge in [-0.1, -0.05) is 30.8 Å². The van der Waals surface area contributed by atoms with Gasteiger partial charge in [-0.05, 0) is 53.1 Å². The minimum atomic E-state index is -0.976. The first kappa shape index (κ1) is 17.8. The second-order valence-electron chi connectivity index (χ2n) is 5.26. The number of hydrogen-bond donors (Lipinski definition) is 2. The van der Waals surface area contributed by atoms with Crippen molar-refractivity contribution in [2.75, 3.05) is 5.75 Å². The summed E-state index contributed by atoms with van der Waals surface area (Å²) in [5, 5.41) is 19.6. The molecular weight excluding hydrogens is 324 g/mol. The van der Waals surface area contributed by atoms with Gasteiger partial charge in [-0.15, -0.1) is 11.8 Å². The van der Waals surface area contributed by atoms with E-state index in [-0.39, 0.29) is 5.57 Å². The third-order valence-corrected chi connectivity index (χ3v) is 4.57. The molecule has 0 saturated carbocycles. The molecule has 0 heterocycles. The molecule has 2 aromatic carbocycles. The predicted molar refractivity (Wildman–Crippen MR) is 97.4 cm³/mol. The molecule has 2 aromatic rings. The number of aliphatic carboxylic acids is 2. The third kappa shape index (κ3) is 4.99. The number of rotatable bonds is 8. The molecule has 5 heteroatoms. The summed E-state index contributed by atoms with van der Waals surface area (Å²) in [7, 11) is 0. The van der Waals surface area contributed by atoms with E-state index >= 15 is 0 Å². The number of thioether (sulfide) groups is 1. The van der Waals surface area contributed by atoms with Crippen molar-refractivity contribution in [1.29, 1.82) is 0 Å². The molecule has 0 amide bonds. The third-order valence-electron chi connectivity index (χ3n) is 3.49. The van der Waals surface area contributed by atoms with Crippen molar-refractivity contribution in [2.24, 2.45) is 0 Å². The number of carbonyl (C=O) groups is 2. The van der Waals surface area contributed by atoms with Crippen LogP contribution in [0.2, 0.25) is 0 Å². The molecule has 0 unspecified atom stereocenters. The highest BCUT2D eigenvalue weighted by atomic mass is 32.2. The minimum Gasteiger partial charge on any atom is -0.478 e. The van der Waals surface area contributed by atoms with Crippen molar-refractivity contribution in [1.82, 2.24) is 0 Å². The summed E-state index contributed by atoms with van der Waals surface area (Å²) in [4.78, 5) is 22.5. The Balaban J connectivity index is 2.09. The average Bonchev–Trinajstić information content (AvgIpc) is 2.56.